The number of aliphatic hydroxyl groups excluding tert-OH is 1. The van der Waals surface area contributed by atoms with Crippen molar-refractivity contribution in [2.75, 3.05) is 6.54 Å². The highest BCUT2D eigenvalue weighted by Gasteiger charge is 2.32. The number of aliphatic hydroxyl groups is 1. The number of aromatic amines is 1. The van der Waals surface area contributed by atoms with Crippen LogP contribution in [0.2, 0.25) is 0 Å². The van der Waals surface area contributed by atoms with Gasteiger partial charge in [0.05, 0.1) is 18.7 Å². The van der Waals surface area contributed by atoms with Crippen molar-refractivity contribution in [2.45, 2.75) is 57.8 Å². The van der Waals surface area contributed by atoms with Gasteiger partial charge in [-0.2, -0.15) is 0 Å². The van der Waals surface area contributed by atoms with Crippen LogP contribution in [-0.4, -0.2) is 69.7 Å². The van der Waals surface area contributed by atoms with Crippen molar-refractivity contribution in [2.24, 2.45) is 11.7 Å². The molecule has 34 heavy (non-hydrogen) atoms. The van der Waals surface area contributed by atoms with Gasteiger partial charge in [0.15, 0.2) is 0 Å². The number of nitrogens with two attached hydrogens (primary N) is 1. The van der Waals surface area contributed by atoms with Crippen LogP contribution in [0.3, 0.4) is 0 Å². The summed E-state index contributed by atoms with van der Waals surface area (Å²) in [6.45, 7) is 4.28. The van der Waals surface area contributed by atoms with E-state index in [1.807, 2.05) is 24.3 Å². The largest absolute Gasteiger partial charge is 0.480 e. The number of aliphatic carboxylic acids is 1. The average molecular weight is 476 g/mol. The summed E-state index contributed by atoms with van der Waals surface area (Å²) in [4.78, 5) is 51.8. The number of aromatic nitrogens is 1. The van der Waals surface area contributed by atoms with Crippen molar-refractivity contribution in [1.29, 1.82) is 0 Å². The number of carboxylic acids is 1. The second kappa shape index (κ2) is 12.1. The van der Waals surface area contributed by atoms with Gasteiger partial charge < -0.3 is 36.9 Å². The van der Waals surface area contributed by atoms with E-state index in [4.69, 9.17) is 5.73 Å². The van der Waals surface area contributed by atoms with Gasteiger partial charge in [-0.15, -0.1) is 0 Å². The zero-order chi connectivity index (χ0) is 25.4. The number of hydrogen-bond acceptors (Lipinski definition) is 6. The van der Waals surface area contributed by atoms with E-state index in [9.17, 15) is 29.4 Å². The number of amides is 3. The Labute approximate surface area is 197 Å². The lowest BCUT2D eigenvalue weighted by molar-refractivity contribution is -0.144. The van der Waals surface area contributed by atoms with Crippen LogP contribution in [0, 0.1) is 5.92 Å². The summed E-state index contributed by atoms with van der Waals surface area (Å²) in [6.07, 6.45) is 1.24. The number of carbonyl (C=O) groups excluding carboxylic acids is 3. The standard InChI is InChI=1S/C23H33N5O6/c1-4-12(2)19(23(33)34)28-22(32)20(13(3)29)27-18(30)11-26-21(31)16(24)9-14-10-25-17-8-6-5-7-15(14)17/h5-8,10,12-13,16,19-20,25,29H,4,9,11,24H2,1-3H3,(H,26,31)(H,27,30)(H,28,32)(H,33,34). The maximum atomic E-state index is 12.5. The smallest absolute Gasteiger partial charge is 0.326 e. The van der Waals surface area contributed by atoms with Crippen LogP contribution in [0.4, 0.5) is 0 Å². The van der Waals surface area contributed by atoms with Crippen molar-refractivity contribution in [3.63, 3.8) is 0 Å². The van der Waals surface area contributed by atoms with E-state index in [1.54, 1.807) is 20.0 Å². The third-order valence-corrected chi connectivity index (χ3v) is 5.73. The Morgan fingerprint density at radius 2 is 1.74 bits per heavy atom. The normalized spacial score (nSPS) is 15.6. The van der Waals surface area contributed by atoms with E-state index in [1.165, 1.54) is 6.92 Å². The zero-order valence-electron chi connectivity index (χ0n) is 19.5. The molecule has 0 aliphatic rings. The molecule has 0 aliphatic heterocycles. The predicted octanol–water partition coefficient (Wildman–Crippen LogP) is -0.365. The Morgan fingerprint density at radius 3 is 2.35 bits per heavy atom. The lowest BCUT2D eigenvalue weighted by Gasteiger charge is -2.25. The summed E-state index contributed by atoms with van der Waals surface area (Å²) < 4.78 is 0. The van der Waals surface area contributed by atoms with E-state index >= 15 is 0 Å². The quantitative estimate of drug-likeness (QED) is 0.218. The first-order valence-corrected chi connectivity index (χ1v) is 11.1. The fraction of sp³-hybridized carbons (Fsp3) is 0.478. The van der Waals surface area contributed by atoms with E-state index in [2.05, 4.69) is 20.9 Å². The molecule has 0 saturated heterocycles. The summed E-state index contributed by atoms with van der Waals surface area (Å²) in [5.41, 5.74) is 7.78. The summed E-state index contributed by atoms with van der Waals surface area (Å²) in [5, 5.41) is 27.3. The molecule has 0 bridgehead atoms. The van der Waals surface area contributed by atoms with Crippen molar-refractivity contribution in [3.05, 3.63) is 36.0 Å². The molecule has 2 rings (SSSR count). The van der Waals surface area contributed by atoms with E-state index < -0.39 is 54.5 Å². The highest BCUT2D eigenvalue weighted by atomic mass is 16.4. The first-order chi connectivity index (χ1) is 16.0. The third-order valence-electron chi connectivity index (χ3n) is 5.73. The van der Waals surface area contributed by atoms with Crippen LogP contribution in [0.1, 0.15) is 32.8 Å². The number of fused-ring (bicyclic) bond motifs is 1. The van der Waals surface area contributed by atoms with Crippen LogP contribution in [0.5, 0.6) is 0 Å². The fourth-order valence-electron chi connectivity index (χ4n) is 3.48. The van der Waals surface area contributed by atoms with Gasteiger partial charge in [0, 0.05) is 17.1 Å². The van der Waals surface area contributed by atoms with Gasteiger partial charge in [-0.25, -0.2) is 4.79 Å². The first-order valence-electron chi connectivity index (χ1n) is 11.1. The minimum absolute atomic E-state index is 0.252. The molecule has 186 valence electrons. The molecule has 0 spiro atoms. The maximum absolute atomic E-state index is 12.5. The molecule has 11 heteroatoms. The van der Waals surface area contributed by atoms with Crippen LogP contribution >= 0.6 is 0 Å². The number of H-pyrrole nitrogens is 1. The molecule has 0 saturated carbocycles. The predicted molar refractivity (Wildman–Crippen MR) is 126 cm³/mol. The van der Waals surface area contributed by atoms with E-state index in [0.29, 0.717) is 6.42 Å². The molecule has 3 amide bonds. The lowest BCUT2D eigenvalue weighted by atomic mass is 9.98. The number of para-hydroxylation sites is 1. The van der Waals surface area contributed by atoms with Crippen molar-refractivity contribution >= 4 is 34.6 Å². The molecule has 0 aliphatic carbocycles. The SMILES string of the molecule is CCC(C)C(NC(=O)C(NC(=O)CNC(=O)C(N)Cc1c[nH]c2ccccc12)C(C)O)C(=O)O. The van der Waals surface area contributed by atoms with Crippen LogP contribution in [0.25, 0.3) is 10.9 Å². The van der Waals surface area contributed by atoms with Gasteiger partial charge in [-0.1, -0.05) is 38.5 Å². The molecular weight excluding hydrogens is 442 g/mol. The molecule has 5 atom stereocenters. The van der Waals surface area contributed by atoms with E-state index in [0.717, 1.165) is 16.5 Å². The fourth-order valence-corrected chi connectivity index (χ4v) is 3.48. The third kappa shape index (κ3) is 7.03. The van der Waals surface area contributed by atoms with Crippen LogP contribution < -0.4 is 21.7 Å². The molecule has 5 unspecified atom stereocenters. The minimum atomic E-state index is -1.39. The van der Waals surface area contributed by atoms with Crippen molar-refractivity contribution in [3.8, 4) is 0 Å². The lowest BCUT2D eigenvalue weighted by Crippen LogP contribution is -2.58. The Balaban J connectivity index is 1.91. The zero-order valence-corrected chi connectivity index (χ0v) is 19.5. The van der Waals surface area contributed by atoms with Crippen molar-refractivity contribution < 1.29 is 29.4 Å². The number of nitrogens with one attached hydrogen (secondary N) is 4. The molecule has 1 heterocycles. The number of benzene rings is 1. The average Bonchev–Trinajstić information content (AvgIpc) is 3.20. The topological polar surface area (TPSA) is 187 Å². The van der Waals surface area contributed by atoms with Gasteiger partial charge in [0.2, 0.25) is 17.7 Å². The van der Waals surface area contributed by atoms with Gasteiger partial charge in [-0.05, 0) is 30.9 Å². The van der Waals surface area contributed by atoms with Gasteiger partial charge in [0.25, 0.3) is 0 Å². The van der Waals surface area contributed by atoms with Crippen molar-refractivity contribution in [1.82, 2.24) is 20.9 Å². The Hall–Kier alpha value is -3.44. The molecule has 11 nitrogen and oxygen atoms in total. The molecule has 0 fully saturated rings. The Kier molecular flexibility index (Phi) is 9.58. The summed E-state index contributed by atoms with van der Waals surface area (Å²) >= 11 is 0. The molecule has 0 radical (unpaired) electrons. The second-order valence-electron chi connectivity index (χ2n) is 8.38. The number of carbonyl (C=O) groups is 4. The molecule has 2 aromatic rings. The molecule has 1 aromatic heterocycles. The second-order valence-corrected chi connectivity index (χ2v) is 8.38. The first kappa shape index (κ1) is 26.8. The number of rotatable bonds is 12. The number of hydrogen-bond donors (Lipinski definition) is 7. The Morgan fingerprint density at radius 1 is 1.06 bits per heavy atom. The highest BCUT2D eigenvalue weighted by molar-refractivity contribution is 5.93. The molecular formula is C23H33N5O6. The highest BCUT2D eigenvalue weighted by Crippen LogP contribution is 2.18. The summed E-state index contributed by atoms with van der Waals surface area (Å²) in [7, 11) is 0. The summed E-state index contributed by atoms with van der Waals surface area (Å²) in [5.74, 6) is -3.69. The molecule has 8 N–H and O–H groups in total. The molecule has 1 aromatic carbocycles. The maximum Gasteiger partial charge on any atom is 0.326 e. The number of carboxylic acid groups (broad SMARTS) is 1. The Bertz CT molecular complexity index is 1020. The van der Waals surface area contributed by atoms with Gasteiger partial charge >= 0.3 is 5.97 Å². The van der Waals surface area contributed by atoms with Gasteiger partial charge in [-0.3, -0.25) is 14.4 Å². The van der Waals surface area contributed by atoms with E-state index in [-0.39, 0.29) is 12.3 Å². The monoisotopic (exact) mass is 475 g/mol. The van der Waals surface area contributed by atoms with Crippen LogP contribution in [0.15, 0.2) is 30.5 Å². The van der Waals surface area contributed by atoms with Gasteiger partial charge in [0.1, 0.15) is 12.1 Å². The van der Waals surface area contributed by atoms with Crippen LogP contribution in [-0.2, 0) is 25.6 Å². The summed E-state index contributed by atoms with van der Waals surface area (Å²) in [6, 6.07) is 4.12. The minimum Gasteiger partial charge on any atom is -0.480 e.